The maximum atomic E-state index is 13.1. The molecule has 0 atom stereocenters. The number of fused-ring (bicyclic) bond motifs is 1. The van der Waals surface area contributed by atoms with Crippen molar-refractivity contribution in [3.8, 4) is 11.4 Å². The molecule has 0 bridgehead atoms. The van der Waals surface area contributed by atoms with Crippen LogP contribution in [0.4, 0.5) is 5.69 Å². The molecule has 1 aromatic heterocycles. The Hall–Kier alpha value is -4.15. The molecule has 2 amide bonds. The Labute approximate surface area is 237 Å². The number of carbonyl (C=O) groups is 2. The number of halogens is 1. The average molecular weight is 603 g/mol. The van der Waals surface area contributed by atoms with Gasteiger partial charge >= 0.3 is 0 Å². The smallest absolute Gasteiger partial charge is 0.252 e. The number of rotatable bonds is 9. The number of methoxy groups -OCH3 is 1. The summed E-state index contributed by atoms with van der Waals surface area (Å²) in [5.41, 5.74) is 2.08. The van der Waals surface area contributed by atoms with Crippen LogP contribution >= 0.6 is 27.7 Å². The Morgan fingerprint density at radius 1 is 0.923 bits per heavy atom. The second-order valence-corrected chi connectivity index (χ2v) is 10.3. The fraction of sp³-hybridized carbons (Fsp3) is 0.103. The highest BCUT2D eigenvalue weighted by atomic mass is 79.9. The molecule has 0 unspecified atom stereocenters. The highest BCUT2D eigenvalue weighted by molar-refractivity contribution is 9.10. The van der Waals surface area contributed by atoms with Crippen molar-refractivity contribution in [3.05, 3.63) is 107 Å². The lowest BCUT2D eigenvalue weighted by atomic mass is 10.0. The number of ether oxygens (including phenoxy) is 1. The molecule has 0 fully saturated rings. The summed E-state index contributed by atoms with van der Waals surface area (Å²) >= 11 is 4.73. The summed E-state index contributed by atoms with van der Waals surface area (Å²) in [6, 6.07) is 28.2. The van der Waals surface area contributed by atoms with Crippen LogP contribution in [0, 0.1) is 0 Å². The van der Waals surface area contributed by atoms with E-state index in [0.29, 0.717) is 28.0 Å². The van der Waals surface area contributed by atoms with Gasteiger partial charge in [0.15, 0.2) is 11.0 Å². The number of hydrogen-bond acceptors (Lipinski definition) is 6. The van der Waals surface area contributed by atoms with Crippen molar-refractivity contribution < 1.29 is 14.3 Å². The van der Waals surface area contributed by atoms with Crippen molar-refractivity contribution in [2.24, 2.45) is 0 Å². The predicted octanol–water partition coefficient (Wildman–Crippen LogP) is 5.85. The number of nitrogens with zero attached hydrogens (tertiary/aromatic N) is 3. The van der Waals surface area contributed by atoms with Crippen LogP contribution in [0.5, 0.6) is 5.75 Å². The summed E-state index contributed by atoms with van der Waals surface area (Å²) in [5.74, 6) is 1.00. The van der Waals surface area contributed by atoms with E-state index in [9.17, 15) is 9.59 Å². The first-order chi connectivity index (χ1) is 19.0. The van der Waals surface area contributed by atoms with Gasteiger partial charge in [0, 0.05) is 21.4 Å². The molecule has 0 aliphatic carbocycles. The molecule has 0 saturated carbocycles. The SMILES string of the molecule is COc1ccc(NC(=O)CSc2nnc(CNC(=O)c3cccc4ccccc34)n2-c2ccc(Br)cc2)cc1. The van der Waals surface area contributed by atoms with Crippen molar-refractivity contribution in [1.29, 1.82) is 0 Å². The molecule has 5 aromatic rings. The van der Waals surface area contributed by atoms with Crippen LogP contribution in [0.2, 0.25) is 0 Å². The molecule has 196 valence electrons. The monoisotopic (exact) mass is 601 g/mol. The van der Waals surface area contributed by atoms with E-state index in [-0.39, 0.29) is 24.1 Å². The highest BCUT2D eigenvalue weighted by Crippen LogP contribution is 2.25. The molecule has 0 saturated heterocycles. The number of anilines is 1. The Morgan fingerprint density at radius 3 is 2.44 bits per heavy atom. The van der Waals surface area contributed by atoms with Crippen molar-refractivity contribution in [2.75, 3.05) is 18.2 Å². The van der Waals surface area contributed by atoms with Crippen LogP contribution in [0.15, 0.2) is 101 Å². The van der Waals surface area contributed by atoms with Crippen LogP contribution < -0.4 is 15.4 Å². The quantitative estimate of drug-likeness (QED) is 0.206. The first-order valence-corrected chi connectivity index (χ1v) is 13.8. The summed E-state index contributed by atoms with van der Waals surface area (Å²) in [5, 5.41) is 16.9. The molecular weight excluding hydrogens is 578 g/mol. The van der Waals surface area contributed by atoms with Crippen LogP contribution in [0.3, 0.4) is 0 Å². The maximum absolute atomic E-state index is 13.1. The number of aromatic nitrogens is 3. The summed E-state index contributed by atoms with van der Waals surface area (Å²) < 4.78 is 7.94. The van der Waals surface area contributed by atoms with Gasteiger partial charge in [-0.3, -0.25) is 14.2 Å². The van der Waals surface area contributed by atoms with E-state index in [0.717, 1.165) is 20.9 Å². The van der Waals surface area contributed by atoms with Gasteiger partial charge in [-0.15, -0.1) is 10.2 Å². The summed E-state index contributed by atoms with van der Waals surface area (Å²) in [6.07, 6.45) is 0. The first kappa shape index (κ1) is 26.5. The number of nitrogens with one attached hydrogen (secondary N) is 2. The van der Waals surface area contributed by atoms with Gasteiger partial charge < -0.3 is 15.4 Å². The average Bonchev–Trinajstić information content (AvgIpc) is 3.38. The number of benzene rings is 4. The van der Waals surface area contributed by atoms with E-state index in [1.807, 2.05) is 65.2 Å². The maximum Gasteiger partial charge on any atom is 0.252 e. The minimum atomic E-state index is -0.203. The van der Waals surface area contributed by atoms with E-state index in [1.165, 1.54) is 11.8 Å². The zero-order valence-corrected chi connectivity index (χ0v) is 23.3. The van der Waals surface area contributed by atoms with Crippen LogP contribution in [-0.4, -0.2) is 39.4 Å². The van der Waals surface area contributed by atoms with Gasteiger partial charge in [0.05, 0.1) is 19.4 Å². The van der Waals surface area contributed by atoms with Gasteiger partial charge in [-0.1, -0.05) is 64.1 Å². The van der Waals surface area contributed by atoms with Gasteiger partial charge in [0.25, 0.3) is 5.91 Å². The van der Waals surface area contributed by atoms with Crippen LogP contribution in [0.25, 0.3) is 16.5 Å². The van der Waals surface area contributed by atoms with Gasteiger partial charge in [0.2, 0.25) is 5.91 Å². The number of carbonyl (C=O) groups excluding carboxylic acids is 2. The lowest BCUT2D eigenvalue weighted by Gasteiger charge is -2.12. The van der Waals surface area contributed by atoms with E-state index in [4.69, 9.17) is 4.74 Å². The lowest BCUT2D eigenvalue weighted by Crippen LogP contribution is -2.25. The fourth-order valence-electron chi connectivity index (χ4n) is 4.04. The third-order valence-electron chi connectivity index (χ3n) is 5.93. The molecule has 4 aromatic carbocycles. The van der Waals surface area contributed by atoms with E-state index in [2.05, 4.69) is 36.8 Å². The lowest BCUT2D eigenvalue weighted by molar-refractivity contribution is -0.113. The minimum absolute atomic E-state index is 0.128. The first-order valence-electron chi connectivity index (χ1n) is 12.0. The summed E-state index contributed by atoms with van der Waals surface area (Å²) in [6.45, 7) is 0.156. The molecular formula is C29H24BrN5O3S. The molecule has 10 heteroatoms. The van der Waals surface area contributed by atoms with Crippen molar-refractivity contribution >= 4 is 56.0 Å². The molecule has 0 aliphatic heterocycles. The van der Waals surface area contributed by atoms with Crippen molar-refractivity contribution in [1.82, 2.24) is 20.1 Å². The van der Waals surface area contributed by atoms with E-state index in [1.54, 1.807) is 37.4 Å². The number of amides is 2. The molecule has 0 spiro atoms. The zero-order valence-electron chi connectivity index (χ0n) is 20.9. The fourth-order valence-corrected chi connectivity index (χ4v) is 5.07. The van der Waals surface area contributed by atoms with Crippen LogP contribution in [0.1, 0.15) is 16.2 Å². The zero-order chi connectivity index (χ0) is 27.2. The number of thioether (sulfide) groups is 1. The standard InChI is InChI=1S/C29H24BrN5O3S/c1-38-23-15-11-21(12-16-23)32-27(36)18-39-29-34-33-26(35(29)22-13-9-20(30)10-14-22)17-31-28(37)25-8-4-6-19-5-2-3-7-24(19)25/h2-16H,17-18H2,1H3,(H,31,37)(H,32,36). The Kier molecular flexibility index (Phi) is 8.24. The van der Waals surface area contributed by atoms with E-state index < -0.39 is 0 Å². The predicted molar refractivity (Wildman–Crippen MR) is 157 cm³/mol. The topological polar surface area (TPSA) is 98.1 Å². The molecule has 0 radical (unpaired) electrons. The Bertz CT molecular complexity index is 1620. The molecule has 2 N–H and O–H groups in total. The van der Waals surface area contributed by atoms with Crippen molar-refractivity contribution in [3.63, 3.8) is 0 Å². The highest BCUT2D eigenvalue weighted by Gasteiger charge is 2.18. The third-order valence-corrected chi connectivity index (χ3v) is 7.39. The van der Waals surface area contributed by atoms with E-state index >= 15 is 0 Å². The Morgan fingerprint density at radius 2 is 1.67 bits per heavy atom. The van der Waals surface area contributed by atoms with Crippen LogP contribution in [-0.2, 0) is 11.3 Å². The van der Waals surface area contributed by atoms with Gasteiger partial charge in [-0.2, -0.15) is 0 Å². The molecule has 0 aliphatic rings. The van der Waals surface area contributed by atoms with Gasteiger partial charge in [-0.05, 0) is 65.4 Å². The van der Waals surface area contributed by atoms with Crippen molar-refractivity contribution in [2.45, 2.75) is 11.7 Å². The minimum Gasteiger partial charge on any atom is -0.497 e. The largest absolute Gasteiger partial charge is 0.497 e. The Balaban J connectivity index is 1.33. The normalized spacial score (nSPS) is 10.8. The van der Waals surface area contributed by atoms with Gasteiger partial charge in [-0.25, -0.2) is 0 Å². The third kappa shape index (κ3) is 6.30. The van der Waals surface area contributed by atoms with Gasteiger partial charge in [0.1, 0.15) is 5.75 Å². The summed E-state index contributed by atoms with van der Waals surface area (Å²) in [7, 11) is 1.59. The second kappa shape index (κ2) is 12.1. The molecule has 5 rings (SSSR count). The second-order valence-electron chi connectivity index (χ2n) is 8.49. The summed E-state index contributed by atoms with van der Waals surface area (Å²) in [4.78, 5) is 25.8. The molecule has 8 nitrogen and oxygen atoms in total. The number of hydrogen-bond donors (Lipinski definition) is 2. The molecule has 1 heterocycles. The molecule has 39 heavy (non-hydrogen) atoms.